The monoisotopic (exact) mass is 304 g/mol. The SMILES string of the molecule is CCOC(=O)c1ccc2c(c1)sc1nc(C(=O)OC)cn12. The molecule has 3 aromatic rings. The lowest BCUT2D eigenvalue weighted by Crippen LogP contribution is -2.04. The van der Waals surface area contributed by atoms with E-state index in [9.17, 15) is 9.59 Å². The zero-order chi connectivity index (χ0) is 15.0. The Labute approximate surface area is 123 Å². The standard InChI is InChI=1S/C14H12N2O4S/c1-3-20-12(17)8-4-5-10-11(6-8)21-14-15-9(7-16(10)14)13(18)19-2/h4-7H,3H2,1-2H3. The van der Waals surface area contributed by atoms with Gasteiger partial charge in [-0.05, 0) is 25.1 Å². The summed E-state index contributed by atoms with van der Waals surface area (Å²) >= 11 is 1.40. The second-order valence-corrected chi connectivity index (χ2v) is 5.28. The Morgan fingerprint density at radius 2 is 2.14 bits per heavy atom. The van der Waals surface area contributed by atoms with Crippen LogP contribution in [-0.2, 0) is 9.47 Å². The van der Waals surface area contributed by atoms with Crippen LogP contribution in [0.2, 0.25) is 0 Å². The van der Waals surface area contributed by atoms with Gasteiger partial charge in [0.15, 0.2) is 10.7 Å². The van der Waals surface area contributed by atoms with Crippen molar-refractivity contribution in [2.75, 3.05) is 13.7 Å². The zero-order valence-electron chi connectivity index (χ0n) is 11.5. The molecule has 108 valence electrons. The average Bonchev–Trinajstić information content (AvgIpc) is 3.03. The minimum absolute atomic E-state index is 0.264. The second kappa shape index (κ2) is 5.17. The van der Waals surface area contributed by atoms with Crippen molar-refractivity contribution in [2.45, 2.75) is 6.92 Å². The summed E-state index contributed by atoms with van der Waals surface area (Å²) in [4.78, 5) is 28.1. The van der Waals surface area contributed by atoms with Crippen LogP contribution < -0.4 is 0 Å². The third-order valence-corrected chi connectivity index (χ3v) is 4.02. The van der Waals surface area contributed by atoms with E-state index in [1.54, 1.807) is 29.7 Å². The fourth-order valence-electron chi connectivity index (χ4n) is 2.05. The van der Waals surface area contributed by atoms with Crippen LogP contribution in [0.1, 0.15) is 27.8 Å². The van der Waals surface area contributed by atoms with E-state index >= 15 is 0 Å². The van der Waals surface area contributed by atoms with E-state index in [2.05, 4.69) is 9.72 Å². The maximum absolute atomic E-state index is 11.7. The van der Waals surface area contributed by atoms with Gasteiger partial charge >= 0.3 is 11.9 Å². The fraction of sp³-hybridized carbons (Fsp3) is 0.214. The molecule has 1 aromatic carbocycles. The number of hydrogen-bond donors (Lipinski definition) is 0. The third kappa shape index (κ3) is 2.25. The molecule has 0 aliphatic rings. The van der Waals surface area contributed by atoms with Crippen LogP contribution in [0.25, 0.3) is 15.2 Å². The van der Waals surface area contributed by atoms with Crippen molar-refractivity contribution in [1.82, 2.24) is 9.38 Å². The molecule has 2 heterocycles. The van der Waals surface area contributed by atoms with Crippen LogP contribution in [0.4, 0.5) is 0 Å². The van der Waals surface area contributed by atoms with Crippen molar-refractivity contribution < 1.29 is 19.1 Å². The largest absolute Gasteiger partial charge is 0.464 e. The van der Waals surface area contributed by atoms with Crippen LogP contribution >= 0.6 is 11.3 Å². The summed E-state index contributed by atoms with van der Waals surface area (Å²) in [5, 5.41) is 0. The number of carbonyl (C=O) groups excluding carboxylic acids is 2. The maximum Gasteiger partial charge on any atom is 0.358 e. The van der Waals surface area contributed by atoms with Crippen molar-refractivity contribution in [1.29, 1.82) is 0 Å². The topological polar surface area (TPSA) is 69.9 Å². The van der Waals surface area contributed by atoms with E-state index in [4.69, 9.17) is 4.74 Å². The predicted octanol–water partition coefficient (Wildman–Crippen LogP) is 2.51. The number of aromatic nitrogens is 2. The Hall–Kier alpha value is -2.41. The van der Waals surface area contributed by atoms with E-state index < -0.39 is 5.97 Å². The lowest BCUT2D eigenvalue weighted by atomic mass is 10.2. The lowest BCUT2D eigenvalue weighted by molar-refractivity contribution is 0.0525. The molecule has 0 N–H and O–H groups in total. The number of thiazole rings is 1. The van der Waals surface area contributed by atoms with Gasteiger partial charge < -0.3 is 9.47 Å². The van der Waals surface area contributed by atoms with Crippen molar-refractivity contribution in [3.05, 3.63) is 35.7 Å². The summed E-state index contributed by atoms with van der Waals surface area (Å²) in [5.41, 5.74) is 1.65. The van der Waals surface area contributed by atoms with Gasteiger partial charge in [0.2, 0.25) is 0 Å². The van der Waals surface area contributed by atoms with Gasteiger partial charge in [0.05, 0.1) is 29.5 Å². The fourth-order valence-corrected chi connectivity index (χ4v) is 3.09. The number of esters is 2. The molecule has 21 heavy (non-hydrogen) atoms. The number of rotatable bonds is 3. The summed E-state index contributed by atoms with van der Waals surface area (Å²) < 4.78 is 12.3. The molecule has 0 bridgehead atoms. The van der Waals surface area contributed by atoms with E-state index in [1.807, 2.05) is 6.07 Å². The summed E-state index contributed by atoms with van der Waals surface area (Å²) in [6.45, 7) is 2.11. The molecular formula is C14H12N2O4S. The minimum atomic E-state index is -0.470. The van der Waals surface area contributed by atoms with Gasteiger partial charge in [-0.1, -0.05) is 11.3 Å². The van der Waals surface area contributed by atoms with Gasteiger partial charge in [0.25, 0.3) is 0 Å². The third-order valence-electron chi connectivity index (χ3n) is 3.00. The normalized spacial score (nSPS) is 11.0. The highest BCUT2D eigenvalue weighted by Gasteiger charge is 2.15. The van der Waals surface area contributed by atoms with Crippen LogP contribution in [0.5, 0.6) is 0 Å². The first-order chi connectivity index (χ1) is 10.1. The highest BCUT2D eigenvalue weighted by atomic mass is 32.1. The van der Waals surface area contributed by atoms with Crippen LogP contribution in [0, 0.1) is 0 Å². The number of fused-ring (bicyclic) bond motifs is 3. The van der Waals surface area contributed by atoms with Crippen molar-refractivity contribution in [3.63, 3.8) is 0 Å². The lowest BCUT2D eigenvalue weighted by Gasteiger charge is -2.01. The number of methoxy groups -OCH3 is 1. The molecule has 3 rings (SSSR count). The molecule has 6 nitrogen and oxygen atoms in total. The summed E-state index contributed by atoms with van der Waals surface area (Å²) in [6, 6.07) is 5.28. The molecule has 0 aliphatic carbocycles. The van der Waals surface area contributed by atoms with Gasteiger partial charge in [0, 0.05) is 6.20 Å². The van der Waals surface area contributed by atoms with Crippen molar-refractivity contribution in [3.8, 4) is 0 Å². The molecular weight excluding hydrogens is 292 g/mol. The van der Waals surface area contributed by atoms with Gasteiger partial charge in [-0.3, -0.25) is 4.40 Å². The molecule has 0 saturated carbocycles. The molecule has 0 spiro atoms. The Balaban J connectivity index is 2.08. The molecule has 0 atom stereocenters. The average molecular weight is 304 g/mol. The van der Waals surface area contributed by atoms with Crippen LogP contribution in [0.3, 0.4) is 0 Å². The Morgan fingerprint density at radius 1 is 1.33 bits per heavy atom. The highest BCUT2D eigenvalue weighted by Crippen LogP contribution is 2.27. The smallest absolute Gasteiger partial charge is 0.358 e. The molecule has 0 unspecified atom stereocenters. The Bertz CT molecular complexity index is 849. The van der Waals surface area contributed by atoms with E-state index in [0.29, 0.717) is 17.1 Å². The first-order valence-corrected chi connectivity index (χ1v) is 7.12. The molecule has 2 aromatic heterocycles. The van der Waals surface area contributed by atoms with Gasteiger partial charge in [-0.2, -0.15) is 0 Å². The first kappa shape index (κ1) is 13.6. The van der Waals surface area contributed by atoms with Crippen molar-refractivity contribution in [2.24, 2.45) is 0 Å². The maximum atomic E-state index is 11.7. The van der Waals surface area contributed by atoms with Crippen LogP contribution in [-0.4, -0.2) is 35.0 Å². The second-order valence-electron chi connectivity index (χ2n) is 4.28. The summed E-state index contributed by atoms with van der Waals surface area (Å²) in [7, 11) is 1.32. The highest BCUT2D eigenvalue weighted by molar-refractivity contribution is 7.23. The number of imidazole rings is 1. The minimum Gasteiger partial charge on any atom is -0.464 e. The Kier molecular flexibility index (Phi) is 3.34. The van der Waals surface area contributed by atoms with Crippen LogP contribution in [0.15, 0.2) is 24.4 Å². The van der Waals surface area contributed by atoms with E-state index in [-0.39, 0.29) is 11.7 Å². The number of nitrogens with zero attached hydrogens (tertiary/aromatic N) is 2. The molecule has 0 amide bonds. The van der Waals surface area contributed by atoms with E-state index in [0.717, 1.165) is 10.2 Å². The molecule has 0 radical (unpaired) electrons. The first-order valence-electron chi connectivity index (χ1n) is 6.31. The molecule has 0 fully saturated rings. The van der Waals surface area contributed by atoms with Gasteiger partial charge in [0.1, 0.15) is 0 Å². The zero-order valence-corrected chi connectivity index (χ0v) is 12.3. The van der Waals surface area contributed by atoms with Gasteiger partial charge in [-0.25, -0.2) is 14.6 Å². The number of benzene rings is 1. The number of hydrogen-bond acceptors (Lipinski definition) is 6. The number of carbonyl (C=O) groups is 2. The predicted molar refractivity (Wildman–Crippen MR) is 77.9 cm³/mol. The number of ether oxygens (including phenoxy) is 2. The molecule has 7 heteroatoms. The molecule has 0 aliphatic heterocycles. The summed E-state index contributed by atoms with van der Waals surface area (Å²) in [5.74, 6) is -0.817. The van der Waals surface area contributed by atoms with E-state index in [1.165, 1.54) is 18.4 Å². The Morgan fingerprint density at radius 3 is 2.86 bits per heavy atom. The quantitative estimate of drug-likeness (QED) is 0.695. The van der Waals surface area contributed by atoms with Gasteiger partial charge in [-0.15, -0.1) is 0 Å². The summed E-state index contributed by atoms with van der Waals surface area (Å²) in [6.07, 6.45) is 1.63. The molecule has 0 saturated heterocycles. The van der Waals surface area contributed by atoms with Crippen molar-refractivity contribution >= 4 is 38.5 Å².